The number of hydrogen-bond acceptors (Lipinski definition) is 7. The van der Waals surface area contributed by atoms with Crippen LogP contribution in [0.5, 0.6) is 0 Å². The molecule has 10 heteroatoms. The molecular weight excluding hydrogens is 296 g/mol. The Labute approximate surface area is 119 Å². The molecule has 0 saturated carbocycles. The van der Waals surface area contributed by atoms with E-state index < -0.39 is 10.0 Å². The van der Waals surface area contributed by atoms with Gasteiger partial charge in [-0.3, -0.25) is 4.40 Å². The maximum atomic E-state index is 12.4. The molecule has 0 bridgehead atoms. The number of aryl methyl sites for hydroxylation is 1. The second-order valence-electron chi connectivity index (χ2n) is 4.29. The second-order valence-corrected chi connectivity index (χ2v) is 5.97. The first-order valence-corrected chi connectivity index (χ1v) is 7.47. The molecule has 110 valence electrons. The molecule has 0 atom stereocenters. The molecule has 0 aliphatic heterocycles. The molecule has 0 fully saturated rings. The number of pyridine rings is 1. The highest BCUT2D eigenvalue weighted by atomic mass is 32.2. The van der Waals surface area contributed by atoms with Gasteiger partial charge in [0.25, 0.3) is 10.0 Å². The summed E-state index contributed by atoms with van der Waals surface area (Å²) in [5, 5.41) is 3.51. The van der Waals surface area contributed by atoms with Crippen molar-refractivity contribution in [3.63, 3.8) is 0 Å². The largest absolute Gasteiger partial charge is 0.381 e. The maximum absolute atomic E-state index is 12.4. The van der Waals surface area contributed by atoms with Gasteiger partial charge in [0.05, 0.1) is 6.54 Å². The lowest BCUT2D eigenvalue weighted by molar-refractivity contribution is 0.387. The van der Waals surface area contributed by atoms with Gasteiger partial charge in [0, 0.05) is 13.1 Å². The number of nitrogen functional groups attached to an aromatic ring is 1. The predicted octanol–water partition coefficient (Wildman–Crippen LogP) is 0.0864. The fourth-order valence-corrected chi connectivity index (χ4v) is 3.09. The molecule has 21 heavy (non-hydrogen) atoms. The van der Waals surface area contributed by atoms with Crippen molar-refractivity contribution >= 4 is 21.5 Å². The van der Waals surface area contributed by atoms with Crippen LogP contribution in [0, 0.1) is 6.92 Å². The lowest BCUT2D eigenvalue weighted by Gasteiger charge is -2.05. The van der Waals surface area contributed by atoms with Crippen molar-refractivity contribution in [2.24, 2.45) is 0 Å². The quantitative estimate of drug-likeness (QED) is 0.698. The molecule has 0 spiro atoms. The highest BCUT2D eigenvalue weighted by molar-refractivity contribution is 7.89. The summed E-state index contributed by atoms with van der Waals surface area (Å²) in [6, 6.07) is 5.10. The predicted molar refractivity (Wildman–Crippen MR) is 72.7 cm³/mol. The molecule has 3 aromatic rings. The van der Waals surface area contributed by atoms with Crippen LogP contribution in [0.3, 0.4) is 0 Å². The van der Waals surface area contributed by atoms with Crippen LogP contribution in [0.2, 0.25) is 0 Å². The van der Waals surface area contributed by atoms with E-state index in [0.29, 0.717) is 11.5 Å². The zero-order valence-corrected chi connectivity index (χ0v) is 11.8. The average Bonchev–Trinajstić information content (AvgIpc) is 2.99. The Kier molecular flexibility index (Phi) is 3.11. The SMILES string of the molecule is Cc1nc(CNS(=O)(=O)c2c(N)nc3ccccn23)no1. The summed E-state index contributed by atoms with van der Waals surface area (Å²) in [5.74, 6) is 0.528. The van der Waals surface area contributed by atoms with Gasteiger partial charge in [0.1, 0.15) is 5.65 Å². The van der Waals surface area contributed by atoms with Crippen molar-refractivity contribution in [2.45, 2.75) is 18.5 Å². The molecule has 3 rings (SSSR count). The number of hydrogen-bond donors (Lipinski definition) is 2. The molecule has 0 aliphatic rings. The first-order valence-electron chi connectivity index (χ1n) is 5.99. The average molecular weight is 308 g/mol. The van der Waals surface area contributed by atoms with E-state index >= 15 is 0 Å². The minimum absolute atomic E-state index is 0.0713. The Bertz CT molecular complexity index is 898. The fourth-order valence-electron chi connectivity index (χ4n) is 1.90. The van der Waals surface area contributed by atoms with Crippen molar-refractivity contribution in [3.8, 4) is 0 Å². The lowest BCUT2D eigenvalue weighted by atomic mass is 10.5. The second kappa shape index (κ2) is 4.82. The van der Waals surface area contributed by atoms with Crippen LogP contribution in [0.25, 0.3) is 5.65 Å². The molecule has 0 saturated heterocycles. The third kappa shape index (κ3) is 2.45. The van der Waals surface area contributed by atoms with Crippen molar-refractivity contribution < 1.29 is 12.9 Å². The molecular formula is C11H12N6O3S. The van der Waals surface area contributed by atoms with E-state index in [1.165, 1.54) is 4.40 Å². The molecule has 0 aliphatic carbocycles. The Morgan fingerprint density at radius 2 is 2.19 bits per heavy atom. The van der Waals surface area contributed by atoms with E-state index in [-0.39, 0.29) is 23.2 Å². The molecule has 0 aromatic carbocycles. The van der Waals surface area contributed by atoms with Gasteiger partial charge in [-0.25, -0.2) is 18.1 Å². The van der Waals surface area contributed by atoms with Crippen LogP contribution in [0.15, 0.2) is 33.9 Å². The molecule has 0 radical (unpaired) electrons. The molecule has 9 nitrogen and oxygen atoms in total. The summed E-state index contributed by atoms with van der Waals surface area (Å²) >= 11 is 0. The summed E-state index contributed by atoms with van der Waals surface area (Å²) in [6.07, 6.45) is 1.58. The molecule has 3 heterocycles. The highest BCUT2D eigenvalue weighted by Gasteiger charge is 2.24. The molecule has 0 amide bonds. The first-order chi connectivity index (χ1) is 9.97. The monoisotopic (exact) mass is 308 g/mol. The van der Waals surface area contributed by atoms with Crippen molar-refractivity contribution in [1.82, 2.24) is 24.2 Å². The van der Waals surface area contributed by atoms with Crippen LogP contribution < -0.4 is 10.5 Å². The maximum Gasteiger partial charge on any atom is 0.260 e. The van der Waals surface area contributed by atoms with E-state index in [1.807, 2.05) is 0 Å². The number of nitrogens with one attached hydrogen (secondary N) is 1. The van der Waals surface area contributed by atoms with E-state index in [2.05, 4.69) is 19.8 Å². The standard InChI is InChI=1S/C11H12N6O3S/c1-7-14-8(16-20-7)6-13-21(18,19)11-10(12)15-9-4-2-3-5-17(9)11/h2-5,13H,6,12H2,1H3. The minimum Gasteiger partial charge on any atom is -0.381 e. The smallest absolute Gasteiger partial charge is 0.260 e. The Morgan fingerprint density at radius 1 is 1.38 bits per heavy atom. The number of anilines is 1. The van der Waals surface area contributed by atoms with Crippen molar-refractivity contribution in [3.05, 3.63) is 36.1 Å². The molecule has 0 unspecified atom stereocenters. The summed E-state index contributed by atoms with van der Waals surface area (Å²) in [6.45, 7) is 1.52. The van der Waals surface area contributed by atoms with Crippen LogP contribution in [-0.4, -0.2) is 27.9 Å². The van der Waals surface area contributed by atoms with Crippen LogP contribution in [0.1, 0.15) is 11.7 Å². The number of nitrogens with zero attached hydrogens (tertiary/aromatic N) is 4. The number of sulfonamides is 1. The highest BCUT2D eigenvalue weighted by Crippen LogP contribution is 2.19. The summed E-state index contributed by atoms with van der Waals surface area (Å²) in [7, 11) is -3.86. The van der Waals surface area contributed by atoms with Crippen LogP contribution in [-0.2, 0) is 16.6 Å². The van der Waals surface area contributed by atoms with Gasteiger partial charge in [-0.15, -0.1) is 0 Å². The van der Waals surface area contributed by atoms with Crippen molar-refractivity contribution in [1.29, 1.82) is 0 Å². The Morgan fingerprint density at radius 3 is 2.90 bits per heavy atom. The Balaban J connectivity index is 1.95. The van der Waals surface area contributed by atoms with Gasteiger partial charge in [0.15, 0.2) is 16.7 Å². The van der Waals surface area contributed by atoms with E-state index in [4.69, 9.17) is 10.3 Å². The molecule has 3 aromatic heterocycles. The van der Waals surface area contributed by atoms with Gasteiger partial charge in [-0.1, -0.05) is 11.2 Å². The summed E-state index contributed by atoms with van der Waals surface area (Å²) in [4.78, 5) is 7.93. The minimum atomic E-state index is -3.86. The van der Waals surface area contributed by atoms with E-state index in [0.717, 1.165) is 0 Å². The van der Waals surface area contributed by atoms with E-state index in [1.54, 1.807) is 31.3 Å². The fraction of sp³-hybridized carbons (Fsp3) is 0.182. The first kappa shape index (κ1) is 13.5. The molecule has 3 N–H and O–H groups in total. The van der Waals surface area contributed by atoms with Gasteiger partial charge >= 0.3 is 0 Å². The third-order valence-electron chi connectivity index (χ3n) is 2.76. The number of nitrogens with two attached hydrogens (primary N) is 1. The van der Waals surface area contributed by atoms with Gasteiger partial charge in [-0.2, -0.15) is 4.98 Å². The van der Waals surface area contributed by atoms with Crippen molar-refractivity contribution in [2.75, 3.05) is 5.73 Å². The normalized spacial score (nSPS) is 12.0. The number of imidazole rings is 1. The Hall–Kier alpha value is -2.46. The number of rotatable bonds is 4. The van der Waals surface area contributed by atoms with Gasteiger partial charge < -0.3 is 10.3 Å². The van der Waals surface area contributed by atoms with Crippen LogP contribution in [0.4, 0.5) is 5.82 Å². The third-order valence-corrected chi connectivity index (χ3v) is 4.20. The zero-order valence-electron chi connectivity index (χ0n) is 11.0. The lowest BCUT2D eigenvalue weighted by Crippen LogP contribution is -2.25. The van der Waals surface area contributed by atoms with Gasteiger partial charge in [-0.05, 0) is 12.1 Å². The van der Waals surface area contributed by atoms with Gasteiger partial charge in [0.2, 0.25) is 5.89 Å². The number of fused-ring (bicyclic) bond motifs is 1. The number of aromatic nitrogens is 4. The topological polar surface area (TPSA) is 128 Å². The summed E-state index contributed by atoms with van der Waals surface area (Å²) < 4.78 is 33.3. The van der Waals surface area contributed by atoms with Crippen LogP contribution >= 0.6 is 0 Å². The summed E-state index contributed by atoms with van der Waals surface area (Å²) in [5.41, 5.74) is 6.16. The van der Waals surface area contributed by atoms with E-state index in [9.17, 15) is 8.42 Å². The zero-order chi connectivity index (χ0) is 15.0.